The molecule has 0 saturated heterocycles. The molecule has 1 heterocycles. The number of nitrogens with zero attached hydrogens (tertiary/aromatic N) is 2. The molecular formula is C16H14ClN3. The van der Waals surface area contributed by atoms with Gasteiger partial charge in [0, 0.05) is 22.3 Å². The number of imidazole rings is 1. The van der Waals surface area contributed by atoms with Crippen LogP contribution in [-0.2, 0) is 0 Å². The molecule has 0 unspecified atom stereocenters. The first-order valence-corrected chi connectivity index (χ1v) is 7.14. The quantitative estimate of drug-likeness (QED) is 0.718. The Morgan fingerprint density at radius 2 is 2.00 bits per heavy atom. The molecule has 20 heavy (non-hydrogen) atoms. The molecule has 3 nitrogen and oxygen atoms in total. The van der Waals surface area contributed by atoms with Gasteiger partial charge in [0.05, 0.1) is 11.0 Å². The van der Waals surface area contributed by atoms with Crippen molar-refractivity contribution in [2.24, 2.45) is 0 Å². The third-order valence-corrected chi connectivity index (χ3v) is 3.95. The van der Waals surface area contributed by atoms with E-state index in [1.165, 1.54) is 12.8 Å². The summed E-state index contributed by atoms with van der Waals surface area (Å²) in [6, 6.07) is 13.8. The average Bonchev–Trinajstić information content (AvgIpc) is 3.20. The van der Waals surface area contributed by atoms with Gasteiger partial charge in [-0.15, -0.1) is 0 Å². The molecule has 0 aliphatic heterocycles. The monoisotopic (exact) mass is 283 g/mol. The molecule has 2 N–H and O–H groups in total. The highest BCUT2D eigenvalue weighted by Crippen LogP contribution is 2.42. The Labute approximate surface area is 122 Å². The van der Waals surface area contributed by atoms with E-state index in [4.69, 9.17) is 22.3 Å². The smallest absolute Gasteiger partial charge is 0.117 e. The van der Waals surface area contributed by atoms with Crippen LogP contribution in [0.15, 0.2) is 42.5 Å². The summed E-state index contributed by atoms with van der Waals surface area (Å²) in [6.45, 7) is 0. The van der Waals surface area contributed by atoms with E-state index in [9.17, 15) is 0 Å². The number of anilines is 1. The van der Waals surface area contributed by atoms with Crippen LogP contribution in [0.25, 0.3) is 16.7 Å². The van der Waals surface area contributed by atoms with E-state index in [1.54, 1.807) is 0 Å². The minimum absolute atomic E-state index is 0.558. The Morgan fingerprint density at radius 1 is 1.15 bits per heavy atom. The van der Waals surface area contributed by atoms with E-state index in [2.05, 4.69) is 10.6 Å². The van der Waals surface area contributed by atoms with Crippen LogP contribution >= 0.6 is 11.6 Å². The zero-order chi connectivity index (χ0) is 13.7. The highest BCUT2D eigenvalue weighted by atomic mass is 35.5. The van der Waals surface area contributed by atoms with Gasteiger partial charge in [0.1, 0.15) is 5.82 Å². The minimum Gasteiger partial charge on any atom is -0.399 e. The molecule has 0 atom stereocenters. The lowest BCUT2D eigenvalue weighted by molar-refractivity contribution is 0.896. The first kappa shape index (κ1) is 11.8. The van der Waals surface area contributed by atoms with Gasteiger partial charge in [0.25, 0.3) is 0 Å². The molecule has 1 aliphatic carbocycles. The SMILES string of the molecule is Nc1ccc2c(c1)nc(C1CC1)n2-c1cccc(Cl)c1. The van der Waals surface area contributed by atoms with E-state index in [0.717, 1.165) is 33.3 Å². The van der Waals surface area contributed by atoms with Crippen molar-refractivity contribution < 1.29 is 0 Å². The minimum atomic E-state index is 0.558. The van der Waals surface area contributed by atoms with Crippen LogP contribution in [0, 0.1) is 0 Å². The van der Waals surface area contributed by atoms with Crippen molar-refractivity contribution in [2.45, 2.75) is 18.8 Å². The van der Waals surface area contributed by atoms with E-state index in [0.29, 0.717) is 5.92 Å². The summed E-state index contributed by atoms with van der Waals surface area (Å²) in [5, 5.41) is 0.738. The third kappa shape index (κ3) is 1.86. The van der Waals surface area contributed by atoms with Crippen LogP contribution in [0.4, 0.5) is 5.69 Å². The van der Waals surface area contributed by atoms with Gasteiger partial charge in [-0.05, 0) is 49.2 Å². The molecule has 4 rings (SSSR count). The largest absolute Gasteiger partial charge is 0.399 e. The predicted molar refractivity (Wildman–Crippen MR) is 82.5 cm³/mol. The van der Waals surface area contributed by atoms with Crippen LogP contribution in [-0.4, -0.2) is 9.55 Å². The summed E-state index contributed by atoms with van der Waals surface area (Å²) in [4.78, 5) is 4.78. The van der Waals surface area contributed by atoms with Crippen molar-refractivity contribution in [3.05, 3.63) is 53.3 Å². The van der Waals surface area contributed by atoms with Gasteiger partial charge >= 0.3 is 0 Å². The zero-order valence-electron chi connectivity index (χ0n) is 10.9. The number of benzene rings is 2. The first-order valence-electron chi connectivity index (χ1n) is 6.76. The fourth-order valence-corrected chi connectivity index (χ4v) is 2.80. The highest BCUT2D eigenvalue weighted by Gasteiger charge is 2.30. The molecule has 4 heteroatoms. The second-order valence-electron chi connectivity index (χ2n) is 5.31. The fraction of sp³-hybridized carbons (Fsp3) is 0.188. The molecule has 1 aliphatic rings. The van der Waals surface area contributed by atoms with Gasteiger partial charge in [0.2, 0.25) is 0 Å². The number of halogens is 1. The van der Waals surface area contributed by atoms with Gasteiger partial charge in [-0.2, -0.15) is 0 Å². The van der Waals surface area contributed by atoms with Crippen LogP contribution in [0.1, 0.15) is 24.6 Å². The second kappa shape index (κ2) is 4.25. The Balaban J connectivity index is 2.02. The number of hydrogen-bond donors (Lipinski definition) is 1. The van der Waals surface area contributed by atoms with Crippen molar-refractivity contribution in [3.8, 4) is 5.69 Å². The van der Waals surface area contributed by atoms with Gasteiger partial charge in [-0.3, -0.25) is 4.57 Å². The number of nitrogen functional groups attached to an aromatic ring is 1. The Kier molecular flexibility index (Phi) is 2.51. The molecule has 100 valence electrons. The van der Waals surface area contributed by atoms with Crippen molar-refractivity contribution in [2.75, 3.05) is 5.73 Å². The molecule has 0 spiro atoms. The van der Waals surface area contributed by atoms with Gasteiger partial charge in [0.15, 0.2) is 0 Å². The standard InChI is InChI=1S/C16H14ClN3/c17-11-2-1-3-13(8-11)20-15-7-6-12(18)9-14(15)19-16(20)10-4-5-10/h1-3,6-10H,4-5,18H2. The number of hydrogen-bond acceptors (Lipinski definition) is 2. The lowest BCUT2D eigenvalue weighted by Crippen LogP contribution is -1.99. The lowest BCUT2D eigenvalue weighted by Gasteiger charge is -2.09. The van der Waals surface area contributed by atoms with Gasteiger partial charge in [-0.1, -0.05) is 17.7 Å². The molecule has 1 fully saturated rings. The van der Waals surface area contributed by atoms with Crippen molar-refractivity contribution in [1.29, 1.82) is 0 Å². The average molecular weight is 284 g/mol. The van der Waals surface area contributed by atoms with Crippen molar-refractivity contribution in [1.82, 2.24) is 9.55 Å². The van der Waals surface area contributed by atoms with Crippen LogP contribution in [0.2, 0.25) is 5.02 Å². The summed E-state index contributed by atoms with van der Waals surface area (Å²) in [5.74, 6) is 1.68. The summed E-state index contributed by atoms with van der Waals surface area (Å²) < 4.78 is 2.21. The summed E-state index contributed by atoms with van der Waals surface area (Å²) in [7, 11) is 0. The summed E-state index contributed by atoms with van der Waals surface area (Å²) in [6.07, 6.45) is 2.42. The molecule has 2 aromatic carbocycles. The van der Waals surface area contributed by atoms with Crippen molar-refractivity contribution in [3.63, 3.8) is 0 Å². The molecule has 1 aromatic heterocycles. The van der Waals surface area contributed by atoms with E-state index < -0.39 is 0 Å². The van der Waals surface area contributed by atoms with E-state index in [1.807, 2.05) is 36.4 Å². The van der Waals surface area contributed by atoms with Gasteiger partial charge < -0.3 is 5.73 Å². The van der Waals surface area contributed by atoms with Crippen LogP contribution < -0.4 is 5.73 Å². The molecule has 0 amide bonds. The van der Waals surface area contributed by atoms with E-state index in [-0.39, 0.29) is 0 Å². The number of fused-ring (bicyclic) bond motifs is 1. The Morgan fingerprint density at radius 3 is 2.75 bits per heavy atom. The number of aromatic nitrogens is 2. The Bertz CT molecular complexity index is 803. The highest BCUT2D eigenvalue weighted by molar-refractivity contribution is 6.30. The third-order valence-electron chi connectivity index (χ3n) is 3.71. The fourth-order valence-electron chi connectivity index (χ4n) is 2.62. The Hall–Kier alpha value is -2.00. The van der Waals surface area contributed by atoms with Crippen LogP contribution in [0.5, 0.6) is 0 Å². The zero-order valence-corrected chi connectivity index (χ0v) is 11.6. The van der Waals surface area contributed by atoms with E-state index >= 15 is 0 Å². The van der Waals surface area contributed by atoms with Crippen molar-refractivity contribution >= 4 is 28.3 Å². The second-order valence-corrected chi connectivity index (χ2v) is 5.74. The molecule has 3 aromatic rings. The maximum absolute atomic E-state index is 6.13. The van der Waals surface area contributed by atoms with Gasteiger partial charge in [-0.25, -0.2) is 4.98 Å². The molecule has 0 radical (unpaired) electrons. The molecular weight excluding hydrogens is 270 g/mol. The number of nitrogens with two attached hydrogens (primary N) is 1. The molecule has 0 bridgehead atoms. The number of rotatable bonds is 2. The maximum Gasteiger partial charge on any atom is 0.117 e. The molecule has 1 saturated carbocycles. The lowest BCUT2D eigenvalue weighted by atomic mass is 10.2. The first-order chi connectivity index (χ1) is 9.72. The normalized spacial score (nSPS) is 14.8. The predicted octanol–water partition coefficient (Wildman–Crippen LogP) is 4.14. The topological polar surface area (TPSA) is 43.8 Å². The summed E-state index contributed by atoms with van der Waals surface area (Å²) in [5.41, 5.74) is 9.71. The maximum atomic E-state index is 6.13. The van der Waals surface area contributed by atoms with Crippen LogP contribution in [0.3, 0.4) is 0 Å². The summed E-state index contributed by atoms with van der Waals surface area (Å²) >= 11 is 6.13.